The van der Waals surface area contributed by atoms with Gasteiger partial charge in [0.15, 0.2) is 0 Å². The molecule has 0 fully saturated rings. The summed E-state index contributed by atoms with van der Waals surface area (Å²) in [5, 5.41) is 6.70. The molecule has 0 amide bonds. The van der Waals surface area contributed by atoms with Gasteiger partial charge in [0.2, 0.25) is 0 Å². The normalized spacial score (nSPS) is 11.4. The van der Waals surface area contributed by atoms with Gasteiger partial charge in [0.05, 0.1) is 10.6 Å². The summed E-state index contributed by atoms with van der Waals surface area (Å²) in [5.74, 6) is -0.437. The number of halogens is 1. The molecule has 0 radical (unpaired) electrons. The van der Waals surface area contributed by atoms with E-state index in [0.717, 1.165) is 17.3 Å². The molecule has 0 spiro atoms. The molecular weight excluding hydrogens is 317 g/mol. The average molecular weight is 331 g/mol. The highest BCUT2D eigenvalue weighted by atomic mass is 32.2. The van der Waals surface area contributed by atoms with E-state index in [4.69, 9.17) is 0 Å². The van der Waals surface area contributed by atoms with Gasteiger partial charge in [-0.25, -0.2) is 12.8 Å². The molecule has 5 nitrogen and oxygen atoms in total. The number of sulfonamides is 1. The first-order chi connectivity index (χ1) is 11.0. The van der Waals surface area contributed by atoms with Crippen LogP contribution in [0, 0.1) is 12.7 Å². The van der Waals surface area contributed by atoms with Crippen molar-refractivity contribution in [2.24, 2.45) is 0 Å². The summed E-state index contributed by atoms with van der Waals surface area (Å²) >= 11 is 0. The number of hydrogen-bond acceptors (Lipinski definition) is 3. The molecule has 2 aromatic carbocycles. The van der Waals surface area contributed by atoms with Crippen molar-refractivity contribution in [2.45, 2.75) is 11.8 Å². The van der Waals surface area contributed by atoms with Crippen LogP contribution in [0.15, 0.2) is 59.6 Å². The molecule has 3 rings (SSSR count). The van der Waals surface area contributed by atoms with Crippen molar-refractivity contribution in [2.75, 3.05) is 4.72 Å². The molecule has 0 unspecified atom stereocenters. The predicted octanol–water partition coefficient (Wildman–Crippen LogP) is 3.33. The second kappa shape index (κ2) is 5.85. The number of nitrogens with one attached hydrogen (secondary N) is 2. The number of benzene rings is 2. The molecule has 1 heterocycles. The quantitative estimate of drug-likeness (QED) is 0.770. The highest BCUT2D eigenvalue weighted by Gasteiger charge is 2.15. The molecule has 118 valence electrons. The molecule has 0 aliphatic rings. The molecule has 23 heavy (non-hydrogen) atoms. The Morgan fingerprint density at radius 2 is 1.83 bits per heavy atom. The van der Waals surface area contributed by atoms with Crippen molar-refractivity contribution in [3.05, 3.63) is 66.1 Å². The molecule has 3 aromatic rings. The predicted molar refractivity (Wildman–Crippen MR) is 86.0 cm³/mol. The Morgan fingerprint density at radius 1 is 1.09 bits per heavy atom. The van der Waals surface area contributed by atoms with Crippen LogP contribution in [-0.2, 0) is 10.0 Å². The van der Waals surface area contributed by atoms with Gasteiger partial charge in [-0.15, -0.1) is 0 Å². The number of aryl methyl sites for hydroxylation is 1. The molecule has 0 aliphatic carbocycles. The van der Waals surface area contributed by atoms with E-state index in [2.05, 4.69) is 14.9 Å². The standard InChI is InChI=1S/C16H14FN3O2S/c1-11-10-14(6-7-15(11)17)23(21,22)20-13-4-2-12(3-5-13)16-8-9-18-19-16/h2-10,20H,1H3,(H,18,19). The Kier molecular flexibility index (Phi) is 3.87. The fourth-order valence-corrected chi connectivity index (χ4v) is 3.28. The zero-order valence-corrected chi connectivity index (χ0v) is 13.1. The van der Waals surface area contributed by atoms with Crippen LogP contribution in [0.25, 0.3) is 11.3 Å². The Hall–Kier alpha value is -2.67. The fourth-order valence-electron chi connectivity index (χ4n) is 2.13. The first-order valence-electron chi connectivity index (χ1n) is 6.84. The molecular formula is C16H14FN3O2S. The number of nitrogens with zero attached hydrogens (tertiary/aromatic N) is 1. The largest absolute Gasteiger partial charge is 0.280 e. The van der Waals surface area contributed by atoms with Gasteiger partial charge in [-0.2, -0.15) is 5.10 Å². The molecule has 2 N–H and O–H groups in total. The molecule has 0 bridgehead atoms. The van der Waals surface area contributed by atoms with Crippen molar-refractivity contribution in [3.63, 3.8) is 0 Å². The monoisotopic (exact) mass is 331 g/mol. The van der Waals surface area contributed by atoms with Crippen LogP contribution >= 0.6 is 0 Å². The van der Waals surface area contributed by atoms with Crippen molar-refractivity contribution >= 4 is 15.7 Å². The minimum atomic E-state index is -3.76. The van der Waals surface area contributed by atoms with E-state index in [0.29, 0.717) is 5.69 Å². The summed E-state index contributed by atoms with van der Waals surface area (Å²) in [5.41, 5.74) is 2.44. The minimum Gasteiger partial charge on any atom is -0.280 e. The fraction of sp³-hybridized carbons (Fsp3) is 0.0625. The smallest absolute Gasteiger partial charge is 0.261 e. The Morgan fingerprint density at radius 3 is 2.43 bits per heavy atom. The van der Waals surface area contributed by atoms with Crippen molar-refractivity contribution in [3.8, 4) is 11.3 Å². The number of rotatable bonds is 4. The molecule has 0 aliphatic heterocycles. The maximum Gasteiger partial charge on any atom is 0.261 e. The van der Waals surface area contributed by atoms with Crippen molar-refractivity contribution in [1.29, 1.82) is 0 Å². The SMILES string of the molecule is Cc1cc(S(=O)(=O)Nc2ccc(-c3ccn[nH]3)cc2)ccc1F. The van der Waals surface area contributed by atoms with E-state index in [-0.39, 0.29) is 10.5 Å². The summed E-state index contributed by atoms with van der Waals surface area (Å²) in [7, 11) is -3.76. The third-order valence-electron chi connectivity index (χ3n) is 3.39. The summed E-state index contributed by atoms with van der Waals surface area (Å²) < 4.78 is 40.4. The average Bonchev–Trinajstić information content (AvgIpc) is 3.04. The summed E-state index contributed by atoms with van der Waals surface area (Å²) in [6, 6.07) is 12.4. The van der Waals surface area contributed by atoms with E-state index in [1.807, 2.05) is 6.07 Å². The topological polar surface area (TPSA) is 74.8 Å². The van der Waals surface area contributed by atoms with Crippen LogP contribution in [0.5, 0.6) is 0 Å². The summed E-state index contributed by atoms with van der Waals surface area (Å²) in [4.78, 5) is 0.0223. The van der Waals surface area contributed by atoms with Gasteiger partial charge in [0.1, 0.15) is 5.82 Å². The number of hydrogen-bond donors (Lipinski definition) is 2. The van der Waals surface area contributed by atoms with Gasteiger partial charge < -0.3 is 0 Å². The van der Waals surface area contributed by atoms with Crippen LogP contribution in [-0.4, -0.2) is 18.6 Å². The lowest BCUT2D eigenvalue weighted by atomic mass is 10.1. The van der Waals surface area contributed by atoms with Crippen molar-refractivity contribution in [1.82, 2.24) is 10.2 Å². The molecule has 0 saturated heterocycles. The highest BCUT2D eigenvalue weighted by Crippen LogP contribution is 2.22. The number of aromatic nitrogens is 2. The lowest BCUT2D eigenvalue weighted by molar-refractivity contribution is 0.598. The maximum atomic E-state index is 13.3. The molecule has 0 saturated carbocycles. The van der Waals surface area contributed by atoms with Crippen LogP contribution in [0.1, 0.15) is 5.56 Å². The third-order valence-corrected chi connectivity index (χ3v) is 4.77. The first kappa shape index (κ1) is 15.2. The van der Waals surface area contributed by atoms with E-state index >= 15 is 0 Å². The van der Waals surface area contributed by atoms with E-state index in [9.17, 15) is 12.8 Å². The van der Waals surface area contributed by atoms with Crippen LogP contribution in [0.3, 0.4) is 0 Å². The van der Waals surface area contributed by atoms with E-state index < -0.39 is 15.8 Å². The van der Waals surface area contributed by atoms with Crippen LogP contribution < -0.4 is 4.72 Å². The number of H-pyrrole nitrogens is 1. The highest BCUT2D eigenvalue weighted by molar-refractivity contribution is 7.92. The first-order valence-corrected chi connectivity index (χ1v) is 8.33. The van der Waals surface area contributed by atoms with Gasteiger partial charge in [-0.3, -0.25) is 9.82 Å². The summed E-state index contributed by atoms with van der Waals surface area (Å²) in [6.45, 7) is 1.52. The van der Waals surface area contributed by atoms with Crippen LogP contribution in [0.4, 0.5) is 10.1 Å². The van der Waals surface area contributed by atoms with Gasteiger partial charge in [0.25, 0.3) is 10.0 Å². The Labute approximate surface area is 133 Å². The zero-order valence-electron chi connectivity index (χ0n) is 12.2. The van der Waals surface area contributed by atoms with E-state index in [1.54, 1.807) is 30.5 Å². The van der Waals surface area contributed by atoms with Gasteiger partial charge in [0, 0.05) is 11.9 Å². The molecule has 1 aromatic heterocycles. The molecule has 7 heteroatoms. The van der Waals surface area contributed by atoms with Gasteiger partial charge in [-0.1, -0.05) is 12.1 Å². The lowest BCUT2D eigenvalue weighted by Crippen LogP contribution is -2.13. The van der Waals surface area contributed by atoms with Gasteiger partial charge >= 0.3 is 0 Å². The zero-order chi connectivity index (χ0) is 16.4. The summed E-state index contributed by atoms with van der Waals surface area (Å²) in [6.07, 6.45) is 1.64. The number of aromatic amines is 1. The van der Waals surface area contributed by atoms with Crippen LogP contribution in [0.2, 0.25) is 0 Å². The van der Waals surface area contributed by atoms with E-state index in [1.165, 1.54) is 19.1 Å². The number of anilines is 1. The maximum absolute atomic E-state index is 13.3. The third kappa shape index (κ3) is 3.24. The van der Waals surface area contributed by atoms with Gasteiger partial charge in [-0.05, 0) is 54.4 Å². The Bertz CT molecular complexity index is 920. The second-order valence-corrected chi connectivity index (χ2v) is 6.75. The minimum absolute atomic E-state index is 0.0223. The molecule has 0 atom stereocenters. The lowest BCUT2D eigenvalue weighted by Gasteiger charge is -2.09. The van der Waals surface area contributed by atoms with Crippen molar-refractivity contribution < 1.29 is 12.8 Å². The second-order valence-electron chi connectivity index (χ2n) is 5.06. The Balaban J connectivity index is 1.84.